The van der Waals surface area contributed by atoms with Gasteiger partial charge in [0.05, 0.1) is 23.8 Å². The molecule has 0 bridgehead atoms. The molecular weight excluding hydrogens is 436 g/mol. The van der Waals surface area contributed by atoms with Crippen molar-refractivity contribution >= 4 is 5.91 Å². The summed E-state index contributed by atoms with van der Waals surface area (Å²) in [4.78, 5) is 11.2. The van der Waals surface area contributed by atoms with E-state index in [2.05, 4.69) is 0 Å². The number of nitrogens with two attached hydrogens (primary N) is 1. The van der Waals surface area contributed by atoms with E-state index in [1.54, 1.807) is 0 Å². The number of carbonyl (C=O) groups excluding carboxylic acids is 1. The smallest absolute Gasteiger partial charge is 0.373 e. The van der Waals surface area contributed by atoms with Crippen LogP contribution in [-0.2, 0) is 27.3 Å². The highest BCUT2D eigenvalue weighted by atomic mass is 19.4. The molecule has 3 nitrogen and oxygen atoms in total. The van der Waals surface area contributed by atoms with Gasteiger partial charge >= 0.3 is 12.4 Å². The third-order valence-corrected chi connectivity index (χ3v) is 5.92. The highest BCUT2D eigenvalue weighted by Crippen LogP contribution is 2.50. The Morgan fingerprint density at radius 3 is 2.03 bits per heavy atom. The van der Waals surface area contributed by atoms with Gasteiger partial charge in [-0.15, -0.1) is 0 Å². The summed E-state index contributed by atoms with van der Waals surface area (Å²) in [7, 11) is 0. The van der Waals surface area contributed by atoms with Gasteiger partial charge in [-0.05, 0) is 55.0 Å². The van der Waals surface area contributed by atoms with Gasteiger partial charge in [0.25, 0.3) is 0 Å². The average molecular weight is 459 g/mol. The summed E-state index contributed by atoms with van der Waals surface area (Å²) in [5.41, 5.74) is 2.77. The van der Waals surface area contributed by atoms with Crippen LogP contribution in [0.3, 0.4) is 0 Å². The van der Waals surface area contributed by atoms with E-state index in [1.165, 1.54) is 6.92 Å². The molecule has 1 fully saturated rings. The molecule has 1 atom stereocenters. The van der Waals surface area contributed by atoms with Gasteiger partial charge in [-0.3, -0.25) is 4.79 Å². The number of amides is 1. The highest BCUT2D eigenvalue weighted by Gasteiger charge is 2.46. The Balaban J connectivity index is 1.82. The monoisotopic (exact) mass is 459 g/mol. The van der Waals surface area contributed by atoms with E-state index >= 15 is 0 Å². The lowest BCUT2D eigenvalue weighted by atomic mass is 9.58. The van der Waals surface area contributed by atoms with Crippen molar-refractivity contribution in [3.63, 3.8) is 0 Å². The Kier molecular flexibility index (Phi) is 6.60. The van der Waals surface area contributed by atoms with Crippen LogP contribution in [0.25, 0.3) is 0 Å². The van der Waals surface area contributed by atoms with E-state index in [9.17, 15) is 31.1 Å². The second kappa shape index (κ2) is 8.77. The first-order valence-corrected chi connectivity index (χ1v) is 10.0. The number of ether oxygens (including phenoxy) is 1. The summed E-state index contributed by atoms with van der Waals surface area (Å²) < 4.78 is 84.8. The minimum Gasteiger partial charge on any atom is -0.373 e. The Morgan fingerprint density at radius 1 is 1.03 bits per heavy atom. The minimum atomic E-state index is -4.92. The summed E-state index contributed by atoms with van der Waals surface area (Å²) in [5, 5.41) is 0. The van der Waals surface area contributed by atoms with Gasteiger partial charge in [-0.25, -0.2) is 0 Å². The molecule has 0 spiro atoms. The number of benzene rings is 2. The number of halogens is 6. The molecule has 0 radical (unpaired) electrons. The van der Waals surface area contributed by atoms with Crippen molar-refractivity contribution in [2.24, 2.45) is 11.7 Å². The molecule has 1 saturated carbocycles. The first-order valence-electron chi connectivity index (χ1n) is 10.0. The zero-order valence-corrected chi connectivity index (χ0v) is 17.3. The van der Waals surface area contributed by atoms with Gasteiger partial charge in [-0.1, -0.05) is 30.3 Å². The van der Waals surface area contributed by atoms with Crippen LogP contribution in [0, 0.1) is 5.92 Å². The summed E-state index contributed by atoms with van der Waals surface area (Å²) in [6, 6.07) is 10.8. The molecule has 1 amide bonds. The second-order valence-corrected chi connectivity index (χ2v) is 8.38. The van der Waals surface area contributed by atoms with Gasteiger partial charge in [0.15, 0.2) is 0 Å². The van der Waals surface area contributed by atoms with Crippen molar-refractivity contribution in [2.75, 3.05) is 6.61 Å². The lowest BCUT2D eigenvalue weighted by Crippen LogP contribution is -2.46. The second-order valence-electron chi connectivity index (χ2n) is 8.38. The van der Waals surface area contributed by atoms with Crippen molar-refractivity contribution in [3.8, 4) is 0 Å². The third-order valence-electron chi connectivity index (χ3n) is 5.92. The van der Waals surface area contributed by atoms with Gasteiger partial charge in [-0.2, -0.15) is 26.3 Å². The zero-order chi connectivity index (χ0) is 23.7. The molecule has 0 aromatic heterocycles. The zero-order valence-electron chi connectivity index (χ0n) is 17.3. The van der Waals surface area contributed by atoms with Gasteiger partial charge in [0, 0.05) is 11.8 Å². The maximum Gasteiger partial charge on any atom is 0.416 e. The fourth-order valence-corrected chi connectivity index (χ4v) is 4.30. The largest absolute Gasteiger partial charge is 0.416 e. The van der Waals surface area contributed by atoms with E-state index in [0.717, 1.165) is 5.56 Å². The average Bonchev–Trinajstić information content (AvgIpc) is 2.68. The number of hydrogen-bond acceptors (Lipinski definition) is 2. The molecule has 32 heavy (non-hydrogen) atoms. The normalized spacial score (nSPS) is 22.3. The van der Waals surface area contributed by atoms with E-state index < -0.39 is 40.9 Å². The number of alkyl halides is 6. The van der Waals surface area contributed by atoms with Crippen LogP contribution >= 0.6 is 0 Å². The Morgan fingerprint density at radius 2 is 1.56 bits per heavy atom. The van der Waals surface area contributed by atoms with Crippen molar-refractivity contribution < 1.29 is 35.9 Å². The maximum absolute atomic E-state index is 13.2. The van der Waals surface area contributed by atoms with Crippen molar-refractivity contribution in [2.45, 2.75) is 50.1 Å². The molecule has 0 heterocycles. The SMILES string of the molecule is C[C@@H](OCC1(c2ccccc2)CC(CC(N)=O)C1)c1cc(C(F)(F)F)cc(C(F)(F)F)c1. The molecule has 1 aliphatic rings. The molecule has 2 aromatic rings. The maximum atomic E-state index is 13.2. The van der Waals surface area contributed by atoms with Crippen LogP contribution in [0.5, 0.6) is 0 Å². The van der Waals surface area contributed by atoms with E-state index in [0.29, 0.717) is 25.0 Å². The Hall–Kier alpha value is -2.55. The van der Waals surface area contributed by atoms with Crippen LogP contribution in [0.2, 0.25) is 0 Å². The van der Waals surface area contributed by atoms with Crippen LogP contribution in [0.4, 0.5) is 26.3 Å². The summed E-state index contributed by atoms with van der Waals surface area (Å²) in [6.07, 6.45) is -9.46. The highest BCUT2D eigenvalue weighted by molar-refractivity contribution is 5.74. The molecule has 0 aliphatic heterocycles. The van der Waals surface area contributed by atoms with Gasteiger partial charge in [0.2, 0.25) is 5.91 Å². The molecule has 0 unspecified atom stereocenters. The van der Waals surface area contributed by atoms with Crippen molar-refractivity contribution in [1.29, 1.82) is 0 Å². The number of rotatable bonds is 7. The summed E-state index contributed by atoms with van der Waals surface area (Å²) in [6.45, 7) is 1.51. The third kappa shape index (κ3) is 5.43. The van der Waals surface area contributed by atoms with Gasteiger partial charge in [0.1, 0.15) is 0 Å². The van der Waals surface area contributed by atoms with Crippen LogP contribution < -0.4 is 5.73 Å². The number of carbonyl (C=O) groups is 1. The van der Waals surface area contributed by atoms with E-state index in [1.807, 2.05) is 30.3 Å². The first-order chi connectivity index (χ1) is 14.8. The van der Waals surface area contributed by atoms with E-state index in [-0.39, 0.29) is 30.6 Å². The first kappa shape index (κ1) is 24.1. The minimum absolute atomic E-state index is 0.0528. The molecule has 3 rings (SSSR count). The molecule has 0 saturated heterocycles. The quantitative estimate of drug-likeness (QED) is 0.515. The predicted molar refractivity (Wildman–Crippen MR) is 105 cm³/mol. The fourth-order valence-electron chi connectivity index (χ4n) is 4.30. The molecule has 174 valence electrons. The number of primary amides is 1. The summed E-state index contributed by atoms with van der Waals surface area (Å²) >= 11 is 0. The standard InChI is InChI=1S/C23H23F6NO2/c1-14(16-8-18(22(24,25)26)10-19(9-16)23(27,28)29)32-13-21(17-5-3-2-4-6-17)11-15(12-21)7-20(30)31/h2-6,8-10,14-15H,7,11-13H2,1H3,(H2,30,31)/t14-,15?,21?/m1/s1. The topological polar surface area (TPSA) is 52.3 Å². The molecule has 2 aromatic carbocycles. The number of hydrogen-bond donors (Lipinski definition) is 1. The Labute approximate surface area is 181 Å². The Bertz CT molecular complexity index is 917. The van der Waals surface area contributed by atoms with Crippen LogP contribution in [0.15, 0.2) is 48.5 Å². The molecule has 9 heteroatoms. The lowest BCUT2D eigenvalue weighted by molar-refractivity contribution is -0.143. The van der Waals surface area contributed by atoms with Crippen LogP contribution in [-0.4, -0.2) is 12.5 Å². The fraction of sp³-hybridized carbons (Fsp3) is 0.435. The predicted octanol–water partition coefficient (Wildman–Crippen LogP) is 6.03. The van der Waals surface area contributed by atoms with Crippen molar-refractivity contribution in [3.05, 3.63) is 70.8 Å². The van der Waals surface area contributed by atoms with Crippen molar-refractivity contribution in [1.82, 2.24) is 0 Å². The summed E-state index contributed by atoms with van der Waals surface area (Å²) in [5.74, 6) is -0.369. The lowest BCUT2D eigenvalue weighted by Gasteiger charge is -2.48. The van der Waals surface area contributed by atoms with Gasteiger partial charge < -0.3 is 10.5 Å². The van der Waals surface area contributed by atoms with E-state index in [4.69, 9.17) is 10.5 Å². The molecular formula is C23H23F6NO2. The van der Waals surface area contributed by atoms with Crippen LogP contribution in [0.1, 0.15) is 54.5 Å². The molecule has 2 N–H and O–H groups in total. The molecule has 1 aliphatic carbocycles.